The van der Waals surface area contributed by atoms with E-state index in [1.54, 1.807) is 13.1 Å². The second kappa shape index (κ2) is 11.9. The molecule has 0 bridgehead atoms. The van der Waals surface area contributed by atoms with Gasteiger partial charge in [0.05, 0.1) is 0 Å². The summed E-state index contributed by atoms with van der Waals surface area (Å²) < 4.78 is 14.0. The highest BCUT2D eigenvalue weighted by Crippen LogP contribution is 2.28. The fourth-order valence-corrected chi connectivity index (χ4v) is 5.24. The summed E-state index contributed by atoms with van der Waals surface area (Å²) in [5.41, 5.74) is 7.32. The van der Waals surface area contributed by atoms with Crippen molar-refractivity contribution in [1.29, 1.82) is 0 Å². The van der Waals surface area contributed by atoms with E-state index in [1.165, 1.54) is 18.4 Å². The topological polar surface area (TPSA) is 32.5 Å². The number of likely N-dealkylation sites (tertiary alicyclic amines) is 2. The van der Waals surface area contributed by atoms with Gasteiger partial charge in [0.25, 0.3) is 0 Å². The van der Waals surface area contributed by atoms with Gasteiger partial charge in [-0.25, -0.2) is 4.39 Å². The van der Waals surface area contributed by atoms with E-state index < -0.39 is 5.67 Å². The number of benzene rings is 1. The quantitative estimate of drug-likeness (QED) is 0.373. The minimum Gasteiger partial charge on any atom is -0.404 e. The van der Waals surface area contributed by atoms with Crippen LogP contribution in [-0.4, -0.2) is 54.7 Å². The number of hydrogen-bond donors (Lipinski definition) is 2. The van der Waals surface area contributed by atoms with E-state index in [-0.39, 0.29) is 0 Å². The van der Waals surface area contributed by atoms with Crippen LogP contribution in [0.5, 0.6) is 0 Å². The van der Waals surface area contributed by atoms with Crippen LogP contribution in [0.25, 0.3) is 0 Å². The molecule has 6 heteroatoms. The second-order valence-electron chi connectivity index (χ2n) is 9.96. The van der Waals surface area contributed by atoms with Crippen molar-refractivity contribution in [3.63, 3.8) is 0 Å². The molecule has 2 saturated heterocycles. The lowest BCUT2D eigenvalue weighted by Crippen LogP contribution is -2.44. The molecule has 0 aromatic heterocycles. The average Bonchev–Trinajstić information content (AvgIpc) is 2.76. The number of halogens is 2. The first-order chi connectivity index (χ1) is 15.2. The van der Waals surface area contributed by atoms with Gasteiger partial charge < -0.3 is 10.6 Å². The van der Waals surface area contributed by atoms with Crippen LogP contribution in [0, 0.1) is 11.8 Å². The number of rotatable bonds is 8. The molecule has 1 aromatic carbocycles. The van der Waals surface area contributed by atoms with Crippen molar-refractivity contribution in [2.24, 2.45) is 17.6 Å². The van der Waals surface area contributed by atoms with Crippen LogP contribution < -0.4 is 5.73 Å². The fraction of sp³-hybridized carbons (Fsp3) is 0.615. The zero-order chi connectivity index (χ0) is 23.1. The standard InChI is InChI=1S/C26H39ClFN3S/c1-20(15-21-3-5-25(32)6-4-21)23(17-29)16-24(27)19-30-11-7-22(8-12-30)18-31-13-9-26(2,28)10-14-31/h3-6,16-17,20,22,32H,7-15,18-19,29H2,1-2H3/b23-17+,24-16+. The van der Waals surface area contributed by atoms with Gasteiger partial charge in [0.15, 0.2) is 0 Å². The van der Waals surface area contributed by atoms with E-state index in [0.29, 0.717) is 24.7 Å². The summed E-state index contributed by atoms with van der Waals surface area (Å²) in [6.07, 6.45) is 8.36. The Bertz CT molecular complexity index is 775. The number of alkyl halides is 1. The van der Waals surface area contributed by atoms with Gasteiger partial charge in [-0.3, -0.25) is 4.90 Å². The van der Waals surface area contributed by atoms with Crippen LogP contribution in [0.3, 0.4) is 0 Å². The highest BCUT2D eigenvalue weighted by atomic mass is 35.5. The van der Waals surface area contributed by atoms with Crippen LogP contribution in [0.1, 0.15) is 45.1 Å². The Balaban J connectivity index is 1.43. The van der Waals surface area contributed by atoms with Gasteiger partial charge in [0.2, 0.25) is 0 Å². The van der Waals surface area contributed by atoms with Gasteiger partial charge >= 0.3 is 0 Å². The van der Waals surface area contributed by atoms with Gasteiger partial charge in [-0.2, -0.15) is 0 Å². The summed E-state index contributed by atoms with van der Waals surface area (Å²) in [7, 11) is 0. The summed E-state index contributed by atoms with van der Waals surface area (Å²) in [4.78, 5) is 5.87. The zero-order valence-electron chi connectivity index (χ0n) is 19.6. The maximum absolute atomic E-state index is 14.0. The molecule has 2 fully saturated rings. The third-order valence-electron chi connectivity index (χ3n) is 7.06. The summed E-state index contributed by atoms with van der Waals surface area (Å²) >= 11 is 11.0. The third kappa shape index (κ3) is 8.09. The number of nitrogens with two attached hydrogens (primary N) is 1. The van der Waals surface area contributed by atoms with Gasteiger partial charge in [0, 0.05) is 36.1 Å². The lowest BCUT2D eigenvalue weighted by molar-refractivity contribution is 0.0574. The molecule has 0 saturated carbocycles. The summed E-state index contributed by atoms with van der Waals surface area (Å²) in [5.74, 6) is 1.00. The summed E-state index contributed by atoms with van der Waals surface area (Å²) in [6.45, 7) is 9.74. The second-order valence-corrected chi connectivity index (χ2v) is 11.0. The molecular formula is C26H39ClFN3S. The van der Waals surface area contributed by atoms with Crippen molar-refractivity contribution >= 4 is 24.2 Å². The number of allylic oxidation sites excluding steroid dienone is 2. The Hall–Kier alpha value is -1.01. The molecular weight excluding hydrogens is 441 g/mol. The maximum Gasteiger partial charge on any atom is 0.110 e. The normalized spacial score (nSPS) is 22.8. The van der Waals surface area contributed by atoms with E-state index in [0.717, 1.165) is 61.2 Å². The smallest absolute Gasteiger partial charge is 0.110 e. The van der Waals surface area contributed by atoms with Crippen LogP contribution in [0.15, 0.2) is 52.0 Å². The Morgan fingerprint density at radius 3 is 2.41 bits per heavy atom. The van der Waals surface area contributed by atoms with E-state index in [1.807, 2.05) is 18.2 Å². The van der Waals surface area contributed by atoms with Crippen molar-refractivity contribution in [2.45, 2.75) is 56.5 Å². The van der Waals surface area contributed by atoms with Crippen molar-refractivity contribution < 1.29 is 4.39 Å². The van der Waals surface area contributed by atoms with Crippen LogP contribution in [0.4, 0.5) is 4.39 Å². The van der Waals surface area contributed by atoms with Crippen molar-refractivity contribution in [2.75, 3.05) is 39.3 Å². The van der Waals surface area contributed by atoms with Crippen LogP contribution in [0.2, 0.25) is 0 Å². The number of thiol groups is 1. The van der Waals surface area contributed by atoms with Crippen molar-refractivity contribution in [1.82, 2.24) is 9.80 Å². The Morgan fingerprint density at radius 2 is 1.81 bits per heavy atom. The van der Waals surface area contributed by atoms with Crippen molar-refractivity contribution in [3.8, 4) is 0 Å². The fourth-order valence-electron chi connectivity index (χ4n) is 4.79. The van der Waals surface area contributed by atoms with E-state index >= 15 is 0 Å². The highest BCUT2D eigenvalue weighted by molar-refractivity contribution is 7.80. The molecule has 32 heavy (non-hydrogen) atoms. The van der Waals surface area contributed by atoms with E-state index in [4.69, 9.17) is 17.3 Å². The van der Waals surface area contributed by atoms with Gasteiger partial charge in [-0.05, 0) is 99.5 Å². The molecule has 3 rings (SSSR count). The average molecular weight is 480 g/mol. The molecule has 2 aliphatic rings. The molecule has 0 spiro atoms. The van der Waals surface area contributed by atoms with Gasteiger partial charge in [-0.1, -0.05) is 30.7 Å². The molecule has 178 valence electrons. The first kappa shape index (κ1) is 25.6. The molecule has 0 aliphatic carbocycles. The molecule has 1 atom stereocenters. The third-order valence-corrected chi connectivity index (χ3v) is 7.59. The van der Waals surface area contributed by atoms with Crippen LogP contribution >= 0.6 is 24.2 Å². The predicted molar refractivity (Wildman–Crippen MR) is 137 cm³/mol. The van der Waals surface area contributed by atoms with E-state index in [2.05, 4.69) is 41.5 Å². The molecule has 3 nitrogen and oxygen atoms in total. The van der Waals surface area contributed by atoms with E-state index in [9.17, 15) is 4.39 Å². The molecule has 1 aromatic rings. The Kier molecular flexibility index (Phi) is 9.54. The van der Waals surface area contributed by atoms with Gasteiger partial charge in [0.1, 0.15) is 5.67 Å². The minimum absolute atomic E-state index is 0.293. The first-order valence-electron chi connectivity index (χ1n) is 11.9. The molecule has 2 heterocycles. The Labute approximate surface area is 204 Å². The monoisotopic (exact) mass is 479 g/mol. The SMILES string of the molecule is CC(Cc1ccc(S)cc1)C(=C/N)/C=C(/Cl)CN1CCC(CN2CCC(C)(F)CC2)CC1. The number of piperidine rings is 2. The molecule has 2 aliphatic heterocycles. The van der Waals surface area contributed by atoms with Crippen molar-refractivity contribution in [3.05, 3.63) is 52.7 Å². The molecule has 1 unspecified atom stereocenters. The molecule has 0 radical (unpaired) electrons. The summed E-state index contributed by atoms with van der Waals surface area (Å²) in [5, 5.41) is 0.843. The zero-order valence-corrected chi connectivity index (χ0v) is 21.2. The number of nitrogens with zero attached hydrogens (tertiary/aromatic N) is 2. The molecule has 0 amide bonds. The first-order valence-corrected chi connectivity index (χ1v) is 12.8. The summed E-state index contributed by atoms with van der Waals surface area (Å²) in [6, 6.07) is 8.27. The van der Waals surface area contributed by atoms with Crippen LogP contribution in [-0.2, 0) is 6.42 Å². The number of hydrogen-bond acceptors (Lipinski definition) is 4. The molecule has 2 N–H and O–H groups in total. The minimum atomic E-state index is -0.964. The lowest BCUT2D eigenvalue weighted by Gasteiger charge is -2.38. The largest absolute Gasteiger partial charge is 0.404 e. The van der Waals surface area contributed by atoms with Gasteiger partial charge in [-0.15, -0.1) is 12.6 Å². The predicted octanol–water partition coefficient (Wildman–Crippen LogP) is 5.66. The maximum atomic E-state index is 14.0. The lowest BCUT2D eigenvalue weighted by atomic mass is 9.92. The Morgan fingerprint density at radius 1 is 1.19 bits per heavy atom. The highest BCUT2D eigenvalue weighted by Gasteiger charge is 2.31.